The minimum absolute atomic E-state index is 0.264. The van der Waals surface area contributed by atoms with Crippen LogP contribution in [0.4, 0.5) is 0 Å². The Morgan fingerprint density at radius 2 is 1.91 bits per heavy atom. The highest BCUT2D eigenvalue weighted by molar-refractivity contribution is 5.87. The molecule has 0 aliphatic heterocycles. The van der Waals surface area contributed by atoms with E-state index in [-0.39, 0.29) is 5.97 Å². The molecule has 0 saturated heterocycles. The summed E-state index contributed by atoms with van der Waals surface area (Å²) in [6, 6.07) is 8.45. The van der Waals surface area contributed by atoms with Gasteiger partial charge in [0, 0.05) is 11.5 Å². The van der Waals surface area contributed by atoms with Gasteiger partial charge in [0.05, 0.1) is 0 Å². The van der Waals surface area contributed by atoms with Gasteiger partial charge in [-0.25, -0.2) is 4.79 Å². The van der Waals surface area contributed by atoms with Crippen molar-refractivity contribution in [2.24, 2.45) is 11.8 Å². The smallest absolute Gasteiger partial charge is 0.333 e. The molecule has 2 aliphatic rings. The van der Waals surface area contributed by atoms with E-state index in [2.05, 4.69) is 37.8 Å². The molecule has 1 fully saturated rings. The Kier molecular flexibility index (Phi) is 4.12. The normalized spacial score (nSPS) is 28.2. The Labute approximate surface area is 133 Å². The van der Waals surface area contributed by atoms with Gasteiger partial charge in [-0.15, -0.1) is 0 Å². The Morgan fingerprint density at radius 3 is 2.59 bits per heavy atom. The predicted octanol–water partition coefficient (Wildman–Crippen LogP) is 4.77. The van der Waals surface area contributed by atoms with E-state index in [1.165, 1.54) is 43.2 Å². The molecule has 2 aliphatic carbocycles. The number of esters is 1. The van der Waals surface area contributed by atoms with Crippen LogP contribution in [0.1, 0.15) is 57.1 Å². The zero-order valence-electron chi connectivity index (χ0n) is 13.7. The molecule has 3 rings (SSSR count). The molecule has 0 radical (unpaired) electrons. The SMILES string of the molecule is C=C(C)C(=O)OC1(C)c2ccccc2CC1C1CCCCC1. The van der Waals surface area contributed by atoms with E-state index < -0.39 is 5.60 Å². The van der Waals surface area contributed by atoms with E-state index in [0.717, 1.165) is 6.42 Å². The van der Waals surface area contributed by atoms with Crippen molar-refractivity contribution in [2.75, 3.05) is 0 Å². The maximum Gasteiger partial charge on any atom is 0.333 e. The summed E-state index contributed by atoms with van der Waals surface area (Å²) < 4.78 is 6.01. The highest BCUT2D eigenvalue weighted by Crippen LogP contribution is 2.50. The minimum Gasteiger partial charge on any atom is -0.451 e. The molecule has 0 bridgehead atoms. The van der Waals surface area contributed by atoms with Crippen molar-refractivity contribution in [3.63, 3.8) is 0 Å². The van der Waals surface area contributed by atoms with Crippen LogP contribution >= 0.6 is 0 Å². The number of fused-ring (bicyclic) bond motifs is 1. The Hall–Kier alpha value is -1.57. The van der Waals surface area contributed by atoms with Gasteiger partial charge in [-0.05, 0) is 37.3 Å². The first-order valence-electron chi connectivity index (χ1n) is 8.49. The van der Waals surface area contributed by atoms with Crippen molar-refractivity contribution in [3.8, 4) is 0 Å². The van der Waals surface area contributed by atoms with Gasteiger partial charge in [0.15, 0.2) is 0 Å². The van der Waals surface area contributed by atoms with Crippen molar-refractivity contribution in [1.82, 2.24) is 0 Å². The largest absolute Gasteiger partial charge is 0.451 e. The summed E-state index contributed by atoms with van der Waals surface area (Å²) in [6.07, 6.45) is 7.51. The van der Waals surface area contributed by atoms with Gasteiger partial charge in [0.1, 0.15) is 5.60 Å². The molecule has 0 N–H and O–H groups in total. The van der Waals surface area contributed by atoms with Gasteiger partial charge >= 0.3 is 5.97 Å². The van der Waals surface area contributed by atoms with Gasteiger partial charge in [0.2, 0.25) is 0 Å². The molecule has 1 aromatic carbocycles. The van der Waals surface area contributed by atoms with Crippen molar-refractivity contribution < 1.29 is 9.53 Å². The highest BCUT2D eigenvalue weighted by atomic mass is 16.6. The number of benzene rings is 1. The predicted molar refractivity (Wildman–Crippen MR) is 88.5 cm³/mol. The highest BCUT2D eigenvalue weighted by Gasteiger charge is 2.49. The first kappa shape index (κ1) is 15.3. The second-order valence-corrected chi connectivity index (χ2v) is 7.14. The number of hydrogen-bond donors (Lipinski definition) is 0. The molecule has 0 aromatic heterocycles. The molecule has 2 nitrogen and oxygen atoms in total. The average molecular weight is 298 g/mol. The molecule has 2 heteroatoms. The Bertz CT molecular complexity index is 583. The summed E-state index contributed by atoms with van der Waals surface area (Å²) in [7, 11) is 0. The maximum absolute atomic E-state index is 12.2. The standard InChI is InChI=1S/C20H26O2/c1-14(2)19(21)22-20(3)17-12-8-7-11-16(17)13-18(20)15-9-5-4-6-10-15/h7-8,11-12,15,18H,1,4-6,9-10,13H2,2-3H3. The lowest BCUT2D eigenvalue weighted by atomic mass is 9.73. The summed E-state index contributed by atoms with van der Waals surface area (Å²) in [5.41, 5.74) is 2.51. The van der Waals surface area contributed by atoms with E-state index in [9.17, 15) is 4.79 Å². The molecule has 0 amide bonds. The fourth-order valence-corrected chi connectivity index (χ4v) is 4.38. The van der Waals surface area contributed by atoms with Crippen LogP contribution in [0.5, 0.6) is 0 Å². The van der Waals surface area contributed by atoms with E-state index in [1.807, 2.05) is 0 Å². The number of hydrogen-bond acceptors (Lipinski definition) is 2. The number of ether oxygens (including phenoxy) is 1. The molecule has 2 unspecified atom stereocenters. The van der Waals surface area contributed by atoms with Gasteiger partial charge in [0.25, 0.3) is 0 Å². The van der Waals surface area contributed by atoms with Crippen LogP contribution in [0.3, 0.4) is 0 Å². The zero-order valence-corrected chi connectivity index (χ0v) is 13.7. The van der Waals surface area contributed by atoms with E-state index in [1.54, 1.807) is 6.92 Å². The lowest BCUT2D eigenvalue weighted by molar-refractivity contribution is -0.162. The van der Waals surface area contributed by atoms with Crippen LogP contribution in [-0.2, 0) is 21.6 Å². The molecular weight excluding hydrogens is 272 g/mol. The quantitative estimate of drug-likeness (QED) is 0.593. The summed E-state index contributed by atoms with van der Waals surface area (Å²) in [5, 5.41) is 0. The summed E-state index contributed by atoms with van der Waals surface area (Å²) in [5.74, 6) is 0.789. The first-order valence-corrected chi connectivity index (χ1v) is 8.49. The van der Waals surface area contributed by atoms with Gasteiger partial charge in [-0.2, -0.15) is 0 Å². The van der Waals surface area contributed by atoms with E-state index >= 15 is 0 Å². The van der Waals surface area contributed by atoms with Crippen molar-refractivity contribution in [2.45, 2.75) is 58.0 Å². The second-order valence-electron chi connectivity index (χ2n) is 7.14. The summed E-state index contributed by atoms with van der Waals surface area (Å²) in [4.78, 5) is 12.2. The first-order chi connectivity index (χ1) is 10.5. The molecule has 0 spiro atoms. The molecule has 22 heavy (non-hydrogen) atoms. The second kappa shape index (κ2) is 5.91. The topological polar surface area (TPSA) is 26.3 Å². The van der Waals surface area contributed by atoms with Crippen molar-refractivity contribution in [3.05, 3.63) is 47.5 Å². The van der Waals surface area contributed by atoms with Crippen LogP contribution in [0.25, 0.3) is 0 Å². The third-order valence-electron chi connectivity index (χ3n) is 5.57. The molecular formula is C20H26O2. The monoisotopic (exact) mass is 298 g/mol. The molecule has 0 heterocycles. The van der Waals surface area contributed by atoms with Crippen LogP contribution in [0.15, 0.2) is 36.4 Å². The maximum atomic E-state index is 12.2. The molecule has 1 saturated carbocycles. The lowest BCUT2D eigenvalue weighted by Crippen LogP contribution is -2.39. The minimum atomic E-state index is -0.505. The average Bonchev–Trinajstić information content (AvgIpc) is 2.81. The van der Waals surface area contributed by atoms with Gasteiger partial charge in [-0.1, -0.05) is 62.9 Å². The third kappa shape index (κ3) is 2.60. The van der Waals surface area contributed by atoms with Crippen LogP contribution in [0, 0.1) is 11.8 Å². The number of carbonyl (C=O) groups excluding carboxylic acids is 1. The summed E-state index contributed by atoms with van der Waals surface area (Å²) >= 11 is 0. The van der Waals surface area contributed by atoms with E-state index in [4.69, 9.17) is 4.74 Å². The fraction of sp³-hybridized carbons (Fsp3) is 0.550. The zero-order chi connectivity index (χ0) is 15.7. The van der Waals surface area contributed by atoms with Gasteiger partial charge < -0.3 is 4.74 Å². The summed E-state index contributed by atoms with van der Waals surface area (Å²) in [6.45, 7) is 7.58. The Morgan fingerprint density at radius 1 is 1.23 bits per heavy atom. The van der Waals surface area contributed by atoms with E-state index in [0.29, 0.717) is 17.4 Å². The number of carbonyl (C=O) groups is 1. The van der Waals surface area contributed by atoms with Crippen LogP contribution < -0.4 is 0 Å². The lowest BCUT2D eigenvalue weighted by Gasteiger charge is -2.39. The van der Waals surface area contributed by atoms with Crippen molar-refractivity contribution in [1.29, 1.82) is 0 Å². The van der Waals surface area contributed by atoms with Crippen LogP contribution in [0.2, 0.25) is 0 Å². The van der Waals surface area contributed by atoms with Crippen LogP contribution in [-0.4, -0.2) is 5.97 Å². The van der Waals surface area contributed by atoms with Gasteiger partial charge in [-0.3, -0.25) is 0 Å². The Balaban J connectivity index is 1.95. The third-order valence-corrected chi connectivity index (χ3v) is 5.57. The molecule has 2 atom stereocenters. The molecule has 1 aromatic rings. The number of rotatable bonds is 3. The fourth-order valence-electron chi connectivity index (χ4n) is 4.38. The van der Waals surface area contributed by atoms with Crippen molar-refractivity contribution >= 4 is 5.97 Å². The molecule has 118 valence electrons.